The van der Waals surface area contributed by atoms with E-state index in [9.17, 15) is 13.2 Å². The van der Waals surface area contributed by atoms with Gasteiger partial charge in [0.15, 0.2) is 5.60 Å². The Hall–Kier alpha value is -1.97. The van der Waals surface area contributed by atoms with Crippen LogP contribution in [0.4, 0.5) is 0 Å². The van der Waals surface area contributed by atoms with Crippen LogP contribution in [0.2, 0.25) is 0 Å². The Morgan fingerprint density at radius 1 is 1.17 bits per heavy atom. The molecule has 1 amide bonds. The molecule has 8 nitrogen and oxygen atoms in total. The average Bonchev–Trinajstić information content (AvgIpc) is 3.36. The molecule has 0 aromatic heterocycles. The Labute approximate surface area is 172 Å². The maximum absolute atomic E-state index is 12.9. The molecule has 0 saturated carbocycles. The van der Waals surface area contributed by atoms with Crippen molar-refractivity contribution < 1.29 is 18.0 Å². The largest absolute Gasteiger partial charge is 0.387 e. The van der Waals surface area contributed by atoms with Crippen molar-refractivity contribution in [3.63, 3.8) is 0 Å². The number of hydrogen-bond donors (Lipinski definition) is 0. The summed E-state index contributed by atoms with van der Waals surface area (Å²) in [6.07, 6.45) is 2.78. The number of amides is 1. The molecule has 158 valence electrons. The first-order valence-corrected chi connectivity index (χ1v) is 11.5. The zero-order valence-electron chi connectivity index (χ0n) is 17.0. The van der Waals surface area contributed by atoms with E-state index in [1.54, 1.807) is 30.3 Å². The van der Waals surface area contributed by atoms with Crippen molar-refractivity contribution in [3.05, 3.63) is 30.3 Å². The van der Waals surface area contributed by atoms with E-state index in [2.05, 4.69) is 24.2 Å². The van der Waals surface area contributed by atoms with Gasteiger partial charge in [-0.2, -0.15) is 4.31 Å². The molecule has 1 unspecified atom stereocenters. The van der Waals surface area contributed by atoms with Crippen molar-refractivity contribution in [3.8, 4) is 0 Å². The van der Waals surface area contributed by atoms with Crippen LogP contribution < -0.4 is 0 Å². The highest BCUT2D eigenvalue weighted by atomic mass is 32.2. The first-order valence-electron chi connectivity index (χ1n) is 10.1. The Balaban J connectivity index is 1.38. The summed E-state index contributed by atoms with van der Waals surface area (Å²) >= 11 is 0. The smallest absolute Gasteiger partial charge is 0.271 e. The molecule has 4 rings (SSSR count). The van der Waals surface area contributed by atoms with Gasteiger partial charge >= 0.3 is 0 Å². The summed E-state index contributed by atoms with van der Waals surface area (Å²) in [5.74, 6) is -0.0801. The minimum atomic E-state index is -3.57. The highest BCUT2D eigenvalue weighted by molar-refractivity contribution is 7.89. The topological polar surface area (TPSA) is 82.5 Å². The molecule has 0 aliphatic carbocycles. The van der Waals surface area contributed by atoms with Crippen LogP contribution >= 0.6 is 0 Å². The van der Waals surface area contributed by atoms with Gasteiger partial charge in [-0.05, 0) is 39.1 Å². The number of hydrogen-bond acceptors (Lipinski definition) is 6. The highest BCUT2D eigenvalue weighted by Crippen LogP contribution is 2.36. The molecule has 1 aromatic carbocycles. The fraction of sp³-hybridized carbons (Fsp3) is 0.600. The average molecular weight is 421 g/mol. The predicted octanol–water partition coefficient (Wildman–Crippen LogP) is 1.15. The summed E-state index contributed by atoms with van der Waals surface area (Å²) in [5.41, 5.74) is -0.318. The van der Waals surface area contributed by atoms with E-state index in [1.807, 2.05) is 4.90 Å². The number of piperidine rings is 1. The standard InChI is InChI=1S/C20H28N4O4S/c1-22(2)16-8-11-23(12-9-16)19(25)18-14-20(28-21-18)10-13-24(15-20)29(26,27)17-6-4-3-5-7-17/h3-7,16H,8-15H2,1-2H3. The van der Waals surface area contributed by atoms with E-state index in [4.69, 9.17) is 4.84 Å². The van der Waals surface area contributed by atoms with Crippen LogP contribution in [0.1, 0.15) is 25.7 Å². The minimum absolute atomic E-state index is 0.0801. The van der Waals surface area contributed by atoms with Crippen molar-refractivity contribution in [2.24, 2.45) is 5.16 Å². The lowest BCUT2D eigenvalue weighted by Gasteiger charge is -2.35. The van der Waals surface area contributed by atoms with Gasteiger partial charge in [0.25, 0.3) is 5.91 Å². The zero-order valence-corrected chi connectivity index (χ0v) is 17.8. The fourth-order valence-corrected chi connectivity index (χ4v) is 5.91. The van der Waals surface area contributed by atoms with Gasteiger partial charge in [0.2, 0.25) is 10.0 Å². The molecule has 2 saturated heterocycles. The molecule has 1 spiro atoms. The SMILES string of the molecule is CN(C)C1CCN(C(=O)C2=NOC3(CCN(S(=O)(=O)c4ccccc4)C3)C2)CC1. The summed E-state index contributed by atoms with van der Waals surface area (Å²) in [4.78, 5) is 22.9. The molecule has 0 radical (unpaired) electrons. The summed E-state index contributed by atoms with van der Waals surface area (Å²) in [5, 5.41) is 4.08. The number of likely N-dealkylation sites (tertiary alicyclic amines) is 1. The molecule has 0 bridgehead atoms. The number of sulfonamides is 1. The van der Waals surface area contributed by atoms with Gasteiger partial charge in [-0.3, -0.25) is 4.79 Å². The fourth-order valence-electron chi connectivity index (χ4n) is 4.38. The van der Waals surface area contributed by atoms with Gasteiger partial charge in [-0.15, -0.1) is 0 Å². The van der Waals surface area contributed by atoms with Gasteiger partial charge in [0, 0.05) is 38.5 Å². The first kappa shape index (κ1) is 20.3. The molecule has 2 fully saturated rings. The molecule has 3 aliphatic heterocycles. The van der Waals surface area contributed by atoms with E-state index in [0.29, 0.717) is 44.2 Å². The third-order valence-corrected chi connectivity index (χ3v) is 8.09. The summed E-state index contributed by atoms with van der Waals surface area (Å²) < 4.78 is 27.2. The van der Waals surface area contributed by atoms with Crippen LogP contribution in [0.15, 0.2) is 40.4 Å². The molecule has 1 aromatic rings. The predicted molar refractivity (Wildman–Crippen MR) is 109 cm³/mol. The van der Waals surface area contributed by atoms with E-state index in [0.717, 1.165) is 12.8 Å². The number of nitrogens with zero attached hydrogens (tertiary/aromatic N) is 4. The molecule has 29 heavy (non-hydrogen) atoms. The Morgan fingerprint density at radius 3 is 2.52 bits per heavy atom. The third-order valence-electron chi connectivity index (χ3n) is 6.23. The maximum atomic E-state index is 12.9. The van der Waals surface area contributed by atoms with E-state index >= 15 is 0 Å². The zero-order chi connectivity index (χ0) is 20.6. The van der Waals surface area contributed by atoms with Gasteiger partial charge < -0.3 is 14.6 Å². The first-order chi connectivity index (χ1) is 13.8. The van der Waals surface area contributed by atoms with Gasteiger partial charge in [-0.25, -0.2) is 8.42 Å². The molecular formula is C20H28N4O4S. The van der Waals surface area contributed by atoms with Crippen molar-refractivity contribution >= 4 is 21.6 Å². The van der Waals surface area contributed by atoms with Gasteiger partial charge in [-0.1, -0.05) is 23.4 Å². The van der Waals surface area contributed by atoms with E-state index < -0.39 is 15.6 Å². The second-order valence-electron chi connectivity index (χ2n) is 8.38. The van der Waals surface area contributed by atoms with Gasteiger partial charge in [0.05, 0.1) is 11.4 Å². The summed E-state index contributed by atoms with van der Waals surface area (Å²) in [6, 6.07) is 8.90. The maximum Gasteiger partial charge on any atom is 0.271 e. The Bertz CT molecular complexity index is 894. The molecule has 9 heteroatoms. The monoisotopic (exact) mass is 420 g/mol. The number of carbonyl (C=O) groups excluding carboxylic acids is 1. The van der Waals surface area contributed by atoms with E-state index in [-0.39, 0.29) is 17.3 Å². The van der Waals surface area contributed by atoms with Crippen LogP contribution in [0.25, 0.3) is 0 Å². The number of rotatable bonds is 4. The van der Waals surface area contributed by atoms with E-state index in [1.165, 1.54) is 4.31 Å². The quantitative estimate of drug-likeness (QED) is 0.730. The lowest BCUT2D eigenvalue weighted by atomic mass is 9.95. The van der Waals surface area contributed by atoms with Gasteiger partial charge in [0.1, 0.15) is 5.71 Å². The normalized spacial score (nSPS) is 26.2. The molecule has 3 aliphatic rings. The van der Waals surface area contributed by atoms with Crippen molar-refractivity contribution in [2.75, 3.05) is 40.3 Å². The summed E-state index contributed by atoms with van der Waals surface area (Å²) in [6.45, 7) is 2.00. The number of benzene rings is 1. The Kier molecular flexibility index (Phi) is 5.39. The number of carbonyl (C=O) groups is 1. The van der Waals surface area contributed by atoms with Crippen LogP contribution in [0.3, 0.4) is 0 Å². The lowest BCUT2D eigenvalue weighted by Crippen LogP contribution is -2.47. The third kappa shape index (κ3) is 3.91. The lowest BCUT2D eigenvalue weighted by molar-refractivity contribution is -0.125. The van der Waals surface area contributed by atoms with Crippen LogP contribution in [0.5, 0.6) is 0 Å². The van der Waals surface area contributed by atoms with Crippen LogP contribution in [-0.2, 0) is 19.7 Å². The van der Waals surface area contributed by atoms with Crippen molar-refractivity contribution in [2.45, 2.75) is 42.2 Å². The second kappa shape index (κ2) is 7.70. The summed E-state index contributed by atoms with van der Waals surface area (Å²) in [7, 11) is 0.559. The molecular weight excluding hydrogens is 392 g/mol. The molecule has 1 atom stereocenters. The minimum Gasteiger partial charge on any atom is -0.387 e. The van der Waals surface area contributed by atoms with Crippen molar-refractivity contribution in [1.82, 2.24) is 14.1 Å². The van der Waals surface area contributed by atoms with Crippen molar-refractivity contribution in [1.29, 1.82) is 0 Å². The van der Waals surface area contributed by atoms with Crippen LogP contribution in [0, 0.1) is 0 Å². The van der Waals surface area contributed by atoms with Crippen LogP contribution in [-0.4, -0.2) is 86.1 Å². The number of oxime groups is 1. The Morgan fingerprint density at radius 2 is 1.86 bits per heavy atom. The molecule has 3 heterocycles. The second-order valence-corrected chi connectivity index (χ2v) is 10.3. The molecule has 0 N–H and O–H groups in total. The highest BCUT2D eigenvalue weighted by Gasteiger charge is 2.50.